The topological polar surface area (TPSA) is 68.2 Å². The van der Waals surface area contributed by atoms with E-state index in [1.165, 1.54) is 0 Å². The maximum atomic E-state index is 11.8. The molecule has 1 saturated heterocycles. The van der Waals surface area contributed by atoms with Crippen molar-refractivity contribution >= 4 is 11.9 Å². The predicted molar refractivity (Wildman–Crippen MR) is 70.6 cm³/mol. The van der Waals surface area contributed by atoms with Gasteiger partial charge in [0.1, 0.15) is 5.60 Å². The Hall–Kier alpha value is -1.72. The second kappa shape index (κ2) is 5.50. The van der Waals surface area contributed by atoms with E-state index in [4.69, 9.17) is 4.74 Å². The fourth-order valence-corrected chi connectivity index (χ4v) is 2.19. The van der Waals surface area contributed by atoms with Gasteiger partial charge < -0.3 is 9.64 Å². The van der Waals surface area contributed by atoms with Crippen molar-refractivity contribution in [1.82, 2.24) is 15.2 Å². The van der Waals surface area contributed by atoms with Crippen LogP contribution in [0.15, 0.2) is 12.4 Å². The number of ether oxygens (including phenoxy) is 1. The van der Waals surface area contributed by atoms with Gasteiger partial charge in [-0.15, -0.1) is 5.10 Å². The zero-order valence-corrected chi connectivity index (χ0v) is 11.7. The fraction of sp³-hybridized carbons (Fsp3) is 0.692. The Kier molecular flexibility index (Phi) is 3.97. The normalized spacial score (nSPS) is 19.5. The van der Waals surface area contributed by atoms with Gasteiger partial charge in [-0.1, -0.05) is 0 Å². The minimum Gasteiger partial charge on any atom is -0.460 e. The van der Waals surface area contributed by atoms with Gasteiger partial charge in [-0.2, -0.15) is 5.10 Å². The van der Waals surface area contributed by atoms with Crippen LogP contribution in [0.5, 0.6) is 0 Å². The highest BCUT2D eigenvalue weighted by atomic mass is 16.6. The molecular weight excluding hydrogens is 244 g/mol. The van der Waals surface area contributed by atoms with E-state index < -0.39 is 5.60 Å². The van der Waals surface area contributed by atoms with Gasteiger partial charge >= 0.3 is 5.97 Å². The average molecular weight is 264 g/mol. The molecule has 0 radical (unpaired) electrons. The van der Waals surface area contributed by atoms with E-state index in [1.807, 2.05) is 20.8 Å². The third-order valence-electron chi connectivity index (χ3n) is 2.91. The summed E-state index contributed by atoms with van der Waals surface area (Å²) >= 11 is 0. The van der Waals surface area contributed by atoms with Crippen molar-refractivity contribution in [1.29, 1.82) is 0 Å². The van der Waals surface area contributed by atoms with Crippen molar-refractivity contribution in [3.8, 4) is 0 Å². The molecule has 0 amide bonds. The number of carbonyl (C=O) groups excluding carboxylic acids is 1. The van der Waals surface area contributed by atoms with Crippen LogP contribution in [0.4, 0.5) is 5.95 Å². The van der Waals surface area contributed by atoms with Crippen LogP contribution >= 0.6 is 0 Å². The minimum atomic E-state index is -0.415. The van der Waals surface area contributed by atoms with E-state index in [0.29, 0.717) is 18.3 Å². The predicted octanol–water partition coefficient (Wildman–Crippen LogP) is 1.43. The highest BCUT2D eigenvalue weighted by molar-refractivity contribution is 5.70. The molecule has 0 unspecified atom stereocenters. The van der Waals surface area contributed by atoms with E-state index >= 15 is 0 Å². The molecule has 1 aliphatic rings. The SMILES string of the molecule is CC(C)(C)OC(=O)C[C@@H]1CCN(c2nccnn2)C1. The maximum absolute atomic E-state index is 11.8. The number of rotatable bonds is 3. The lowest BCUT2D eigenvalue weighted by Crippen LogP contribution is -2.26. The van der Waals surface area contributed by atoms with Gasteiger partial charge in [0, 0.05) is 13.1 Å². The molecule has 1 fully saturated rings. The molecule has 1 atom stereocenters. The molecular formula is C13H20N4O2. The number of nitrogens with zero attached hydrogens (tertiary/aromatic N) is 4. The Labute approximate surface area is 113 Å². The molecule has 1 aliphatic heterocycles. The molecule has 2 heterocycles. The molecule has 19 heavy (non-hydrogen) atoms. The minimum absolute atomic E-state index is 0.133. The summed E-state index contributed by atoms with van der Waals surface area (Å²) in [5.74, 6) is 0.805. The largest absolute Gasteiger partial charge is 0.460 e. The lowest BCUT2D eigenvalue weighted by Gasteiger charge is -2.21. The average Bonchev–Trinajstić information content (AvgIpc) is 2.76. The molecule has 104 valence electrons. The molecule has 0 bridgehead atoms. The smallest absolute Gasteiger partial charge is 0.306 e. The summed E-state index contributed by atoms with van der Waals surface area (Å²) in [7, 11) is 0. The van der Waals surface area contributed by atoms with Crippen LogP contribution in [0.3, 0.4) is 0 Å². The highest BCUT2D eigenvalue weighted by Crippen LogP contribution is 2.23. The number of hydrogen-bond acceptors (Lipinski definition) is 6. The summed E-state index contributed by atoms with van der Waals surface area (Å²) in [4.78, 5) is 18.0. The number of esters is 1. The Morgan fingerprint density at radius 2 is 2.26 bits per heavy atom. The molecule has 0 aromatic carbocycles. The van der Waals surface area contributed by atoms with Gasteiger partial charge in [-0.3, -0.25) is 4.79 Å². The number of hydrogen-bond donors (Lipinski definition) is 0. The Balaban J connectivity index is 1.84. The first-order chi connectivity index (χ1) is 8.94. The van der Waals surface area contributed by atoms with E-state index in [-0.39, 0.29) is 5.97 Å². The quantitative estimate of drug-likeness (QED) is 0.769. The zero-order chi connectivity index (χ0) is 13.9. The zero-order valence-electron chi connectivity index (χ0n) is 11.7. The molecule has 0 spiro atoms. The van der Waals surface area contributed by atoms with Crippen molar-refractivity contribution in [2.75, 3.05) is 18.0 Å². The van der Waals surface area contributed by atoms with Crippen molar-refractivity contribution in [3.63, 3.8) is 0 Å². The molecule has 0 aliphatic carbocycles. The summed E-state index contributed by atoms with van der Waals surface area (Å²) in [6, 6.07) is 0. The molecule has 2 rings (SSSR count). The molecule has 1 aromatic rings. The second-order valence-corrected chi connectivity index (χ2v) is 5.83. The van der Waals surface area contributed by atoms with Crippen LogP contribution in [-0.2, 0) is 9.53 Å². The van der Waals surface area contributed by atoms with E-state index in [1.54, 1.807) is 12.4 Å². The summed E-state index contributed by atoms with van der Waals surface area (Å²) in [6.07, 6.45) is 4.59. The van der Waals surface area contributed by atoms with Gasteiger partial charge in [0.15, 0.2) is 0 Å². The first kappa shape index (κ1) is 13.7. The van der Waals surface area contributed by atoms with Crippen LogP contribution in [-0.4, -0.2) is 39.8 Å². The van der Waals surface area contributed by atoms with Crippen LogP contribution in [0.2, 0.25) is 0 Å². The Morgan fingerprint density at radius 1 is 1.47 bits per heavy atom. The second-order valence-electron chi connectivity index (χ2n) is 5.83. The van der Waals surface area contributed by atoms with Gasteiger partial charge in [0.25, 0.3) is 0 Å². The molecule has 1 aromatic heterocycles. The Morgan fingerprint density at radius 3 is 2.89 bits per heavy atom. The molecule has 6 heteroatoms. The summed E-state index contributed by atoms with van der Waals surface area (Å²) in [6.45, 7) is 7.30. The highest BCUT2D eigenvalue weighted by Gasteiger charge is 2.28. The van der Waals surface area contributed by atoms with Crippen molar-refractivity contribution < 1.29 is 9.53 Å². The number of anilines is 1. The summed E-state index contributed by atoms with van der Waals surface area (Å²) < 4.78 is 5.34. The van der Waals surface area contributed by atoms with Crippen molar-refractivity contribution in [3.05, 3.63) is 12.4 Å². The molecule has 0 saturated carbocycles. The van der Waals surface area contributed by atoms with E-state index in [0.717, 1.165) is 19.5 Å². The Bertz CT molecular complexity index is 430. The third-order valence-corrected chi connectivity index (χ3v) is 2.91. The van der Waals surface area contributed by atoms with Crippen LogP contribution in [0.25, 0.3) is 0 Å². The number of aromatic nitrogens is 3. The van der Waals surface area contributed by atoms with Gasteiger partial charge in [0.2, 0.25) is 5.95 Å². The summed E-state index contributed by atoms with van der Waals surface area (Å²) in [5, 5.41) is 7.80. The first-order valence-electron chi connectivity index (χ1n) is 6.54. The van der Waals surface area contributed by atoms with Crippen LogP contribution in [0.1, 0.15) is 33.6 Å². The lowest BCUT2D eigenvalue weighted by atomic mass is 10.1. The first-order valence-corrected chi connectivity index (χ1v) is 6.54. The standard InChI is InChI=1S/C13H20N4O2/c1-13(2,3)19-11(18)8-10-4-7-17(9-10)12-14-5-6-15-16-12/h5-6,10H,4,7-9H2,1-3H3/t10-/m0/s1. The van der Waals surface area contributed by atoms with Crippen molar-refractivity contribution in [2.45, 2.75) is 39.2 Å². The monoisotopic (exact) mass is 264 g/mol. The number of carbonyl (C=O) groups is 1. The fourth-order valence-electron chi connectivity index (χ4n) is 2.19. The third kappa shape index (κ3) is 4.15. The van der Waals surface area contributed by atoms with Gasteiger partial charge in [-0.25, -0.2) is 4.98 Å². The van der Waals surface area contributed by atoms with Crippen molar-refractivity contribution in [2.24, 2.45) is 5.92 Å². The van der Waals surface area contributed by atoms with Crippen LogP contribution < -0.4 is 4.90 Å². The van der Waals surface area contributed by atoms with E-state index in [2.05, 4.69) is 20.1 Å². The maximum Gasteiger partial charge on any atom is 0.306 e. The lowest BCUT2D eigenvalue weighted by molar-refractivity contribution is -0.155. The van der Waals surface area contributed by atoms with Gasteiger partial charge in [0.05, 0.1) is 18.8 Å². The van der Waals surface area contributed by atoms with E-state index in [9.17, 15) is 4.79 Å². The molecule has 6 nitrogen and oxygen atoms in total. The molecule has 0 N–H and O–H groups in total. The van der Waals surface area contributed by atoms with Gasteiger partial charge in [-0.05, 0) is 33.1 Å². The van der Waals surface area contributed by atoms with Crippen LogP contribution in [0, 0.1) is 5.92 Å². The summed E-state index contributed by atoms with van der Waals surface area (Å²) in [5.41, 5.74) is -0.415.